The lowest BCUT2D eigenvalue weighted by molar-refractivity contribution is -0.120. The quantitative estimate of drug-likeness (QED) is 0.859. The highest BCUT2D eigenvalue weighted by atomic mass is 19.1. The van der Waals surface area contributed by atoms with Gasteiger partial charge in [-0.3, -0.25) is 4.79 Å². The van der Waals surface area contributed by atoms with Crippen LogP contribution in [0.25, 0.3) is 0 Å². The molecular formula is C19H18FNO3. The molecule has 0 atom stereocenters. The van der Waals surface area contributed by atoms with Crippen molar-refractivity contribution in [2.75, 3.05) is 20.8 Å². The molecule has 0 bridgehead atoms. The Balaban J connectivity index is 1.89. The van der Waals surface area contributed by atoms with Crippen LogP contribution in [0.4, 0.5) is 4.39 Å². The smallest absolute Gasteiger partial charge is 0.225 e. The first-order chi connectivity index (χ1) is 11.6. The summed E-state index contributed by atoms with van der Waals surface area (Å²) in [4.78, 5) is 11.9. The van der Waals surface area contributed by atoms with Crippen LogP contribution in [0.1, 0.15) is 11.1 Å². The van der Waals surface area contributed by atoms with Crippen LogP contribution in [0.15, 0.2) is 42.5 Å². The average Bonchev–Trinajstić information content (AvgIpc) is 2.60. The van der Waals surface area contributed by atoms with Crippen molar-refractivity contribution in [2.45, 2.75) is 6.42 Å². The number of hydrogen-bond donors (Lipinski definition) is 1. The fourth-order valence-electron chi connectivity index (χ4n) is 2.08. The van der Waals surface area contributed by atoms with Crippen LogP contribution in [0.3, 0.4) is 0 Å². The molecule has 2 rings (SSSR count). The van der Waals surface area contributed by atoms with Crippen LogP contribution >= 0.6 is 0 Å². The third-order valence-electron chi connectivity index (χ3n) is 3.28. The molecule has 0 radical (unpaired) electrons. The number of hydrogen-bond acceptors (Lipinski definition) is 3. The highest BCUT2D eigenvalue weighted by molar-refractivity contribution is 5.79. The predicted octanol–water partition coefficient (Wildman–Crippen LogP) is 2.55. The molecule has 0 aliphatic rings. The summed E-state index contributed by atoms with van der Waals surface area (Å²) >= 11 is 0. The number of ether oxygens (including phenoxy) is 2. The Morgan fingerprint density at radius 3 is 2.58 bits per heavy atom. The highest BCUT2D eigenvalue weighted by Crippen LogP contribution is 2.27. The lowest BCUT2D eigenvalue weighted by Gasteiger charge is -2.09. The molecule has 124 valence electrons. The minimum atomic E-state index is -0.373. The maximum atomic E-state index is 13.4. The number of rotatable bonds is 5. The second kappa shape index (κ2) is 8.59. The number of carbonyl (C=O) groups is 1. The van der Waals surface area contributed by atoms with Gasteiger partial charge in [0.25, 0.3) is 0 Å². The third kappa shape index (κ3) is 4.75. The van der Waals surface area contributed by atoms with E-state index >= 15 is 0 Å². The first-order valence-electron chi connectivity index (χ1n) is 7.35. The molecule has 0 heterocycles. The van der Waals surface area contributed by atoms with E-state index in [9.17, 15) is 9.18 Å². The highest BCUT2D eigenvalue weighted by Gasteiger charge is 2.07. The summed E-state index contributed by atoms with van der Waals surface area (Å²) in [6, 6.07) is 11.6. The minimum absolute atomic E-state index is 0.153. The van der Waals surface area contributed by atoms with Crippen LogP contribution in [0.5, 0.6) is 11.5 Å². The van der Waals surface area contributed by atoms with Crippen molar-refractivity contribution in [2.24, 2.45) is 0 Å². The van der Waals surface area contributed by atoms with E-state index in [0.29, 0.717) is 17.1 Å². The molecule has 0 unspecified atom stereocenters. The lowest BCUT2D eigenvalue weighted by atomic mass is 10.1. The standard InChI is InChI=1S/C19H18FNO3/c1-23-17-10-9-14(12-18(17)24-2)13-19(22)21-11-5-7-15-6-3-4-8-16(15)20/h3-4,6,8-10,12H,11,13H2,1-2H3,(H,21,22). The van der Waals surface area contributed by atoms with Gasteiger partial charge in [-0.1, -0.05) is 30.0 Å². The van der Waals surface area contributed by atoms with E-state index < -0.39 is 0 Å². The Morgan fingerprint density at radius 1 is 1.12 bits per heavy atom. The van der Waals surface area contributed by atoms with Crippen LogP contribution in [0, 0.1) is 17.7 Å². The van der Waals surface area contributed by atoms with Gasteiger partial charge in [0.2, 0.25) is 5.91 Å². The maximum absolute atomic E-state index is 13.4. The molecule has 1 N–H and O–H groups in total. The first-order valence-corrected chi connectivity index (χ1v) is 7.35. The molecular weight excluding hydrogens is 309 g/mol. The summed E-state index contributed by atoms with van der Waals surface area (Å²) in [7, 11) is 3.10. The van der Waals surface area contributed by atoms with Gasteiger partial charge in [-0.25, -0.2) is 4.39 Å². The number of amides is 1. The number of methoxy groups -OCH3 is 2. The van der Waals surface area contributed by atoms with Gasteiger partial charge >= 0.3 is 0 Å². The Hall–Kier alpha value is -3.00. The van der Waals surface area contributed by atoms with E-state index in [0.717, 1.165) is 5.56 Å². The second-order valence-corrected chi connectivity index (χ2v) is 4.92. The maximum Gasteiger partial charge on any atom is 0.225 e. The zero-order valence-corrected chi connectivity index (χ0v) is 13.6. The summed E-state index contributed by atoms with van der Waals surface area (Å²) in [5.74, 6) is 6.05. The Labute approximate surface area is 140 Å². The van der Waals surface area contributed by atoms with Crippen molar-refractivity contribution in [3.63, 3.8) is 0 Å². The van der Waals surface area contributed by atoms with E-state index in [-0.39, 0.29) is 24.7 Å². The van der Waals surface area contributed by atoms with Gasteiger partial charge in [-0.05, 0) is 29.8 Å². The van der Waals surface area contributed by atoms with Crippen LogP contribution in [-0.2, 0) is 11.2 Å². The van der Waals surface area contributed by atoms with E-state index in [1.807, 2.05) is 0 Å². The van der Waals surface area contributed by atoms with E-state index in [1.165, 1.54) is 6.07 Å². The molecule has 0 aromatic heterocycles. The molecule has 24 heavy (non-hydrogen) atoms. The van der Waals surface area contributed by atoms with E-state index in [1.54, 1.807) is 50.6 Å². The van der Waals surface area contributed by atoms with Gasteiger partial charge in [0.05, 0.1) is 32.7 Å². The van der Waals surface area contributed by atoms with Crippen molar-refractivity contribution in [1.82, 2.24) is 5.32 Å². The largest absolute Gasteiger partial charge is 0.493 e. The summed E-state index contributed by atoms with van der Waals surface area (Å²) in [6.45, 7) is 0.153. The van der Waals surface area contributed by atoms with Crippen molar-refractivity contribution in [3.05, 3.63) is 59.4 Å². The van der Waals surface area contributed by atoms with Crippen LogP contribution in [0.2, 0.25) is 0 Å². The molecule has 2 aromatic carbocycles. The van der Waals surface area contributed by atoms with Gasteiger partial charge in [0.15, 0.2) is 11.5 Å². The third-order valence-corrected chi connectivity index (χ3v) is 3.28. The molecule has 5 heteroatoms. The molecule has 0 saturated carbocycles. The molecule has 2 aromatic rings. The first kappa shape index (κ1) is 17.4. The average molecular weight is 327 g/mol. The molecule has 1 amide bonds. The number of carbonyl (C=O) groups excluding carboxylic acids is 1. The molecule has 0 fully saturated rings. The van der Waals surface area contributed by atoms with Gasteiger partial charge in [0, 0.05) is 0 Å². The zero-order chi connectivity index (χ0) is 17.4. The van der Waals surface area contributed by atoms with Gasteiger partial charge < -0.3 is 14.8 Å². The van der Waals surface area contributed by atoms with Crippen LogP contribution < -0.4 is 14.8 Å². The van der Waals surface area contributed by atoms with Crippen molar-refractivity contribution >= 4 is 5.91 Å². The minimum Gasteiger partial charge on any atom is -0.493 e. The van der Waals surface area contributed by atoms with Crippen molar-refractivity contribution < 1.29 is 18.7 Å². The molecule has 0 aliphatic carbocycles. The molecule has 0 saturated heterocycles. The second-order valence-electron chi connectivity index (χ2n) is 4.92. The molecule has 0 spiro atoms. The van der Waals surface area contributed by atoms with Crippen molar-refractivity contribution in [1.29, 1.82) is 0 Å². The zero-order valence-electron chi connectivity index (χ0n) is 13.6. The lowest BCUT2D eigenvalue weighted by Crippen LogP contribution is -2.25. The van der Waals surface area contributed by atoms with Gasteiger partial charge in [0.1, 0.15) is 5.82 Å². The van der Waals surface area contributed by atoms with Gasteiger partial charge in [-0.2, -0.15) is 0 Å². The normalized spacial score (nSPS) is 9.62. The predicted molar refractivity (Wildman–Crippen MR) is 89.5 cm³/mol. The van der Waals surface area contributed by atoms with E-state index in [2.05, 4.69) is 17.2 Å². The summed E-state index contributed by atoms with van der Waals surface area (Å²) in [5.41, 5.74) is 1.11. The van der Waals surface area contributed by atoms with Crippen molar-refractivity contribution in [3.8, 4) is 23.3 Å². The summed E-state index contributed by atoms with van der Waals surface area (Å²) in [6.07, 6.45) is 0.196. The Morgan fingerprint density at radius 2 is 1.88 bits per heavy atom. The fraction of sp³-hybridized carbons (Fsp3) is 0.211. The SMILES string of the molecule is COc1ccc(CC(=O)NCC#Cc2ccccc2F)cc1OC. The Bertz CT molecular complexity index is 778. The Kier molecular flexibility index (Phi) is 6.21. The number of halogens is 1. The number of benzene rings is 2. The fourth-order valence-corrected chi connectivity index (χ4v) is 2.08. The summed E-state index contributed by atoms with van der Waals surface area (Å²) < 4.78 is 23.7. The molecule has 0 aliphatic heterocycles. The monoisotopic (exact) mass is 327 g/mol. The topological polar surface area (TPSA) is 47.6 Å². The summed E-state index contributed by atoms with van der Waals surface area (Å²) in [5, 5.41) is 2.68. The van der Waals surface area contributed by atoms with Crippen LogP contribution in [-0.4, -0.2) is 26.7 Å². The molecule has 4 nitrogen and oxygen atoms in total. The van der Waals surface area contributed by atoms with E-state index in [4.69, 9.17) is 9.47 Å². The number of nitrogens with one attached hydrogen (secondary N) is 1. The van der Waals surface area contributed by atoms with Gasteiger partial charge in [-0.15, -0.1) is 0 Å².